The summed E-state index contributed by atoms with van der Waals surface area (Å²) in [5.41, 5.74) is 0.539. The second kappa shape index (κ2) is 8.48. The van der Waals surface area contributed by atoms with Crippen molar-refractivity contribution in [2.24, 2.45) is 13.0 Å². The maximum atomic E-state index is 12.0. The molecule has 9 heteroatoms. The van der Waals surface area contributed by atoms with E-state index in [0.717, 1.165) is 25.9 Å². The van der Waals surface area contributed by atoms with Crippen molar-refractivity contribution in [3.63, 3.8) is 0 Å². The lowest BCUT2D eigenvalue weighted by Gasteiger charge is -2.31. The van der Waals surface area contributed by atoms with Gasteiger partial charge in [0.05, 0.1) is 18.4 Å². The third-order valence-electron chi connectivity index (χ3n) is 4.04. The van der Waals surface area contributed by atoms with Gasteiger partial charge in [0.15, 0.2) is 0 Å². The molecule has 0 aliphatic carbocycles. The highest BCUT2D eigenvalue weighted by Gasteiger charge is 2.27. The highest BCUT2D eigenvalue weighted by atomic mass is 19.4. The Morgan fingerprint density at radius 3 is 2.71 bits per heavy atom. The summed E-state index contributed by atoms with van der Waals surface area (Å²) >= 11 is 0. The smallest absolute Gasteiger partial charge is 0.371 e. The van der Waals surface area contributed by atoms with Crippen LogP contribution in [0.2, 0.25) is 0 Å². The summed E-state index contributed by atoms with van der Waals surface area (Å²) in [4.78, 5) is 14.0. The van der Waals surface area contributed by atoms with Crippen LogP contribution in [0.4, 0.5) is 13.2 Å². The van der Waals surface area contributed by atoms with Gasteiger partial charge in [-0.2, -0.15) is 18.3 Å². The SMILES string of the molecule is Cn1cc(C(=O)NCC2CCN(CCOCC(F)(F)F)CC2)cn1. The van der Waals surface area contributed by atoms with E-state index in [1.165, 1.54) is 6.20 Å². The molecule has 136 valence electrons. The molecular formula is C15H23F3N4O2. The van der Waals surface area contributed by atoms with Gasteiger partial charge in [-0.05, 0) is 31.8 Å². The Morgan fingerprint density at radius 2 is 2.12 bits per heavy atom. The number of alkyl halides is 3. The molecule has 0 radical (unpaired) electrons. The fourth-order valence-electron chi connectivity index (χ4n) is 2.67. The fourth-order valence-corrected chi connectivity index (χ4v) is 2.67. The van der Waals surface area contributed by atoms with Crippen LogP contribution in [-0.2, 0) is 11.8 Å². The predicted molar refractivity (Wildman–Crippen MR) is 81.6 cm³/mol. The van der Waals surface area contributed by atoms with Gasteiger partial charge in [0, 0.05) is 26.3 Å². The minimum atomic E-state index is -4.26. The van der Waals surface area contributed by atoms with Gasteiger partial charge in [-0.1, -0.05) is 0 Å². The molecule has 1 N–H and O–H groups in total. The van der Waals surface area contributed by atoms with Crippen LogP contribution in [0.1, 0.15) is 23.2 Å². The molecule has 1 aliphatic rings. The number of nitrogens with zero attached hydrogens (tertiary/aromatic N) is 3. The molecule has 0 unspecified atom stereocenters. The number of nitrogens with one attached hydrogen (secondary N) is 1. The van der Waals surface area contributed by atoms with Crippen molar-refractivity contribution >= 4 is 5.91 Å². The molecule has 0 atom stereocenters. The quantitative estimate of drug-likeness (QED) is 0.758. The van der Waals surface area contributed by atoms with Crippen molar-refractivity contribution in [2.75, 3.05) is 39.4 Å². The number of hydrogen-bond donors (Lipinski definition) is 1. The van der Waals surface area contributed by atoms with Gasteiger partial charge >= 0.3 is 6.18 Å². The number of carbonyl (C=O) groups is 1. The average Bonchev–Trinajstić information content (AvgIpc) is 2.96. The maximum absolute atomic E-state index is 12.0. The van der Waals surface area contributed by atoms with Crippen LogP contribution in [-0.4, -0.2) is 66.2 Å². The molecule has 0 bridgehead atoms. The van der Waals surface area contributed by atoms with Crippen molar-refractivity contribution < 1.29 is 22.7 Å². The number of aryl methyl sites for hydroxylation is 1. The van der Waals surface area contributed by atoms with Gasteiger partial charge in [-0.25, -0.2) is 0 Å². The van der Waals surface area contributed by atoms with Gasteiger partial charge < -0.3 is 15.0 Å². The Labute approximate surface area is 138 Å². The third-order valence-corrected chi connectivity index (χ3v) is 4.04. The minimum Gasteiger partial charge on any atom is -0.371 e. The van der Waals surface area contributed by atoms with Crippen molar-refractivity contribution in [1.29, 1.82) is 0 Å². The van der Waals surface area contributed by atoms with Crippen LogP contribution >= 0.6 is 0 Å². The van der Waals surface area contributed by atoms with Crippen LogP contribution in [0.25, 0.3) is 0 Å². The molecule has 1 fully saturated rings. The van der Waals surface area contributed by atoms with Gasteiger partial charge in [0.25, 0.3) is 5.91 Å². The van der Waals surface area contributed by atoms with Crippen molar-refractivity contribution in [3.8, 4) is 0 Å². The van der Waals surface area contributed by atoms with E-state index in [1.807, 2.05) is 0 Å². The first kappa shape index (κ1) is 18.7. The molecule has 1 amide bonds. The number of likely N-dealkylation sites (tertiary alicyclic amines) is 1. The number of carbonyl (C=O) groups excluding carboxylic acids is 1. The minimum absolute atomic E-state index is 0.0852. The average molecular weight is 348 g/mol. The number of aromatic nitrogens is 2. The summed E-state index contributed by atoms with van der Waals surface area (Å²) in [5.74, 6) is 0.254. The monoisotopic (exact) mass is 348 g/mol. The highest BCUT2D eigenvalue weighted by molar-refractivity contribution is 5.93. The molecule has 0 spiro atoms. The lowest BCUT2D eigenvalue weighted by Crippen LogP contribution is -2.40. The summed E-state index contributed by atoms with van der Waals surface area (Å²) in [6, 6.07) is 0. The van der Waals surface area contributed by atoms with E-state index in [2.05, 4.69) is 20.1 Å². The van der Waals surface area contributed by atoms with E-state index in [1.54, 1.807) is 17.9 Å². The van der Waals surface area contributed by atoms with E-state index < -0.39 is 12.8 Å². The number of halogens is 3. The van der Waals surface area contributed by atoms with Crippen molar-refractivity contribution in [1.82, 2.24) is 20.0 Å². The van der Waals surface area contributed by atoms with Gasteiger partial charge in [0.1, 0.15) is 6.61 Å². The maximum Gasteiger partial charge on any atom is 0.411 e. The third kappa shape index (κ3) is 6.48. The summed E-state index contributed by atoms with van der Waals surface area (Å²) in [5, 5.41) is 6.87. The highest BCUT2D eigenvalue weighted by Crippen LogP contribution is 2.17. The number of piperidine rings is 1. The van der Waals surface area contributed by atoms with Gasteiger partial charge in [-0.3, -0.25) is 9.48 Å². The molecule has 2 heterocycles. The molecule has 6 nitrogen and oxygen atoms in total. The standard InChI is InChI=1S/C15H23F3N4O2/c1-21-10-13(9-20-21)14(23)19-8-12-2-4-22(5-3-12)6-7-24-11-15(16,17)18/h9-10,12H,2-8,11H2,1H3,(H,19,23). The van der Waals surface area contributed by atoms with Gasteiger partial charge in [-0.15, -0.1) is 0 Å². The van der Waals surface area contributed by atoms with E-state index in [-0.39, 0.29) is 12.5 Å². The first-order chi connectivity index (χ1) is 11.3. The first-order valence-corrected chi connectivity index (χ1v) is 7.97. The van der Waals surface area contributed by atoms with Crippen LogP contribution in [0, 0.1) is 5.92 Å². The summed E-state index contributed by atoms with van der Waals surface area (Å²) < 4.78 is 42.1. The lowest BCUT2D eigenvalue weighted by molar-refractivity contribution is -0.174. The van der Waals surface area contributed by atoms with Crippen molar-refractivity contribution in [2.45, 2.75) is 19.0 Å². The van der Waals surface area contributed by atoms with Crippen LogP contribution in [0.3, 0.4) is 0 Å². The van der Waals surface area contributed by atoms with Crippen LogP contribution < -0.4 is 5.32 Å². The molecule has 0 aromatic carbocycles. The Balaban J connectivity index is 1.58. The molecule has 1 aromatic heterocycles. The van der Waals surface area contributed by atoms with E-state index in [4.69, 9.17) is 0 Å². The first-order valence-electron chi connectivity index (χ1n) is 7.97. The largest absolute Gasteiger partial charge is 0.411 e. The van der Waals surface area contributed by atoms with Crippen LogP contribution in [0.5, 0.6) is 0 Å². The Morgan fingerprint density at radius 1 is 1.42 bits per heavy atom. The lowest BCUT2D eigenvalue weighted by atomic mass is 9.97. The zero-order valence-electron chi connectivity index (χ0n) is 13.7. The molecule has 1 saturated heterocycles. The zero-order valence-corrected chi connectivity index (χ0v) is 13.7. The molecule has 1 aromatic rings. The number of rotatable bonds is 7. The van der Waals surface area contributed by atoms with Gasteiger partial charge in [0.2, 0.25) is 0 Å². The molecule has 0 saturated carbocycles. The fraction of sp³-hybridized carbons (Fsp3) is 0.733. The molecule has 2 rings (SSSR count). The Bertz CT molecular complexity index is 525. The Hall–Kier alpha value is -1.61. The molecule has 1 aliphatic heterocycles. The topological polar surface area (TPSA) is 59.4 Å². The second-order valence-corrected chi connectivity index (χ2v) is 6.07. The van der Waals surface area contributed by atoms with Crippen molar-refractivity contribution in [3.05, 3.63) is 18.0 Å². The molecular weight excluding hydrogens is 325 g/mol. The van der Waals surface area contributed by atoms with E-state index >= 15 is 0 Å². The zero-order chi connectivity index (χ0) is 17.6. The number of hydrogen-bond acceptors (Lipinski definition) is 4. The molecule has 24 heavy (non-hydrogen) atoms. The normalized spacial score (nSPS) is 17.2. The Kier molecular flexibility index (Phi) is 6.61. The van der Waals surface area contributed by atoms with E-state index in [0.29, 0.717) is 24.6 Å². The summed E-state index contributed by atoms with van der Waals surface area (Å²) in [6.07, 6.45) is 0.746. The second-order valence-electron chi connectivity index (χ2n) is 6.07. The van der Waals surface area contributed by atoms with Crippen LogP contribution in [0.15, 0.2) is 12.4 Å². The number of amides is 1. The number of ether oxygens (including phenoxy) is 1. The summed E-state index contributed by atoms with van der Waals surface area (Å²) in [6.45, 7) is 1.62. The van der Waals surface area contributed by atoms with E-state index in [9.17, 15) is 18.0 Å². The summed E-state index contributed by atoms with van der Waals surface area (Å²) in [7, 11) is 1.75. The predicted octanol–water partition coefficient (Wildman–Crippen LogP) is 1.44.